The fourth-order valence-electron chi connectivity index (χ4n) is 3.77. The quantitative estimate of drug-likeness (QED) is 0.791. The van der Waals surface area contributed by atoms with Crippen LogP contribution in [0.5, 0.6) is 0 Å². The summed E-state index contributed by atoms with van der Waals surface area (Å²) < 4.78 is 2.03. The van der Waals surface area contributed by atoms with E-state index in [4.69, 9.17) is 0 Å². The molecule has 1 aromatic carbocycles. The van der Waals surface area contributed by atoms with Gasteiger partial charge in [-0.3, -0.25) is 4.79 Å². The molecule has 0 saturated heterocycles. The minimum absolute atomic E-state index is 0.0167. The van der Waals surface area contributed by atoms with E-state index >= 15 is 0 Å². The first-order chi connectivity index (χ1) is 12.1. The van der Waals surface area contributed by atoms with Crippen LogP contribution < -0.4 is 5.32 Å². The van der Waals surface area contributed by atoms with Crippen molar-refractivity contribution in [2.45, 2.75) is 32.7 Å². The van der Waals surface area contributed by atoms with Crippen LogP contribution in [0, 0.1) is 13.8 Å². The summed E-state index contributed by atoms with van der Waals surface area (Å²) >= 11 is 0. The van der Waals surface area contributed by atoms with Gasteiger partial charge in [-0.05, 0) is 56.0 Å². The molecular weight excluding hydrogens is 310 g/mol. The molecule has 1 aliphatic carbocycles. The van der Waals surface area contributed by atoms with E-state index in [2.05, 4.69) is 28.5 Å². The van der Waals surface area contributed by atoms with E-state index in [-0.39, 0.29) is 11.9 Å². The van der Waals surface area contributed by atoms with Gasteiger partial charge in [0.2, 0.25) is 0 Å². The molecule has 0 saturated carbocycles. The lowest BCUT2D eigenvalue weighted by molar-refractivity contribution is 0.0936. The van der Waals surface area contributed by atoms with E-state index in [0.29, 0.717) is 5.56 Å². The van der Waals surface area contributed by atoms with E-state index < -0.39 is 0 Å². The summed E-state index contributed by atoms with van der Waals surface area (Å²) in [6.07, 6.45) is 3.75. The zero-order valence-electron chi connectivity index (χ0n) is 14.5. The Labute approximate surface area is 147 Å². The smallest absolute Gasteiger partial charge is 0.253 e. The Morgan fingerprint density at radius 2 is 1.96 bits per heavy atom. The highest BCUT2D eigenvalue weighted by molar-refractivity contribution is 5.96. The van der Waals surface area contributed by atoms with Crippen LogP contribution in [0.1, 0.15) is 45.3 Å². The van der Waals surface area contributed by atoms with E-state index in [0.717, 1.165) is 30.0 Å². The molecule has 126 valence electrons. The summed E-state index contributed by atoms with van der Waals surface area (Å²) in [5.74, 6) is 0.819. The molecule has 4 rings (SSSR count). The van der Waals surface area contributed by atoms with Crippen LogP contribution in [0.25, 0.3) is 5.82 Å². The van der Waals surface area contributed by atoms with Crippen molar-refractivity contribution in [3.63, 3.8) is 0 Å². The highest BCUT2D eigenvalue weighted by Gasteiger charge is 2.25. The topological polar surface area (TPSA) is 46.9 Å². The van der Waals surface area contributed by atoms with Gasteiger partial charge in [0.05, 0.1) is 11.6 Å². The van der Waals surface area contributed by atoms with E-state index in [9.17, 15) is 4.79 Å². The molecular formula is C21H21N3O. The lowest BCUT2D eigenvalue weighted by Gasteiger charge is -2.14. The third kappa shape index (κ3) is 2.74. The highest BCUT2D eigenvalue weighted by atomic mass is 16.1. The van der Waals surface area contributed by atoms with Gasteiger partial charge in [-0.2, -0.15) is 0 Å². The highest BCUT2D eigenvalue weighted by Crippen LogP contribution is 2.31. The molecule has 1 N–H and O–H groups in total. The Bertz CT molecular complexity index is 928. The van der Waals surface area contributed by atoms with E-state index in [1.165, 1.54) is 11.1 Å². The summed E-state index contributed by atoms with van der Waals surface area (Å²) in [5, 5.41) is 3.21. The number of amides is 1. The first-order valence-electron chi connectivity index (χ1n) is 8.64. The van der Waals surface area contributed by atoms with Crippen molar-refractivity contribution in [2.75, 3.05) is 0 Å². The van der Waals surface area contributed by atoms with Crippen LogP contribution in [-0.2, 0) is 6.42 Å². The molecule has 3 aromatic rings. The number of nitrogens with zero attached hydrogens (tertiary/aromatic N) is 2. The number of benzene rings is 1. The summed E-state index contributed by atoms with van der Waals surface area (Å²) in [7, 11) is 0. The third-order valence-electron chi connectivity index (χ3n) is 4.99. The molecule has 0 fully saturated rings. The molecule has 0 spiro atoms. The Morgan fingerprint density at radius 3 is 2.76 bits per heavy atom. The first-order valence-corrected chi connectivity index (χ1v) is 8.64. The second-order valence-corrected chi connectivity index (χ2v) is 6.57. The zero-order valence-corrected chi connectivity index (χ0v) is 14.5. The first kappa shape index (κ1) is 15.6. The summed E-state index contributed by atoms with van der Waals surface area (Å²) in [6.45, 7) is 3.97. The number of rotatable bonds is 3. The van der Waals surface area contributed by atoms with Gasteiger partial charge in [0.25, 0.3) is 5.91 Å². The minimum atomic E-state index is -0.0167. The zero-order chi connectivity index (χ0) is 17.4. The normalized spacial score (nSPS) is 15.8. The Morgan fingerprint density at radius 1 is 1.16 bits per heavy atom. The molecule has 25 heavy (non-hydrogen) atoms. The monoisotopic (exact) mass is 331 g/mol. The average molecular weight is 331 g/mol. The lowest BCUT2D eigenvalue weighted by atomic mass is 10.1. The van der Waals surface area contributed by atoms with Crippen LogP contribution in [0.15, 0.2) is 54.7 Å². The number of hydrogen-bond acceptors (Lipinski definition) is 2. The van der Waals surface area contributed by atoms with Gasteiger partial charge in [0.15, 0.2) is 0 Å². The number of aryl methyl sites for hydroxylation is 2. The van der Waals surface area contributed by atoms with E-state index in [1.807, 2.05) is 48.7 Å². The molecule has 0 unspecified atom stereocenters. The molecule has 0 aliphatic heterocycles. The number of pyridine rings is 1. The maximum atomic E-state index is 12.9. The average Bonchev–Trinajstić information content (AvgIpc) is 3.17. The number of nitrogens with one attached hydrogen (secondary N) is 1. The molecule has 1 amide bonds. The van der Waals surface area contributed by atoms with Gasteiger partial charge >= 0.3 is 0 Å². The van der Waals surface area contributed by atoms with Crippen molar-refractivity contribution in [3.05, 3.63) is 82.8 Å². The fraction of sp³-hybridized carbons (Fsp3) is 0.238. The van der Waals surface area contributed by atoms with Gasteiger partial charge in [-0.25, -0.2) is 4.98 Å². The number of hydrogen-bond donors (Lipinski definition) is 1. The molecule has 2 heterocycles. The summed E-state index contributed by atoms with van der Waals surface area (Å²) in [4.78, 5) is 17.3. The van der Waals surface area contributed by atoms with Gasteiger partial charge in [0, 0.05) is 17.6 Å². The third-order valence-corrected chi connectivity index (χ3v) is 4.99. The largest absolute Gasteiger partial charge is 0.345 e. The maximum absolute atomic E-state index is 12.9. The lowest BCUT2D eigenvalue weighted by Crippen LogP contribution is -2.27. The fourth-order valence-corrected chi connectivity index (χ4v) is 3.77. The van der Waals surface area contributed by atoms with Crippen LogP contribution in [0.2, 0.25) is 0 Å². The molecule has 1 aliphatic rings. The molecule has 2 aromatic heterocycles. The van der Waals surface area contributed by atoms with Crippen molar-refractivity contribution in [2.24, 2.45) is 0 Å². The molecule has 0 radical (unpaired) electrons. The number of carbonyl (C=O) groups is 1. The number of aromatic nitrogens is 2. The van der Waals surface area contributed by atoms with Crippen LogP contribution in [0.4, 0.5) is 0 Å². The SMILES string of the molecule is Cc1cc(C(=O)N[C@@H]2CCc3ccccc32)c(C)n1-c1ccccn1. The van der Waals surface area contributed by atoms with Gasteiger partial charge in [-0.1, -0.05) is 30.3 Å². The molecule has 1 atom stereocenters. The van der Waals surface area contributed by atoms with Gasteiger partial charge in [-0.15, -0.1) is 0 Å². The van der Waals surface area contributed by atoms with Crippen LogP contribution in [0.3, 0.4) is 0 Å². The van der Waals surface area contributed by atoms with Crippen molar-refractivity contribution in [1.82, 2.24) is 14.9 Å². The van der Waals surface area contributed by atoms with Crippen LogP contribution in [-0.4, -0.2) is 15.5 Å². The summed E-state index contributed by atoms with van der Waals surface area (Å²) in [6, 6.07) is 16.2. The maximum Gasteiger partial charge on any atom is 0.253 e. The van der Waals surface area contributed by atoms with Crippen molar-refractivity contribution in [1.29, 1.82) is 0 Å². The molecule has 4 nitrogen and oxygen atoms in total. The predicted octanol–water partition coefficient (Wildman–Crippen LogP) is 3.91. The number of carbonyl (C=O) groups excluding carboxylic acids is 1. The van der Waals surface area contributed by atoms with Crippen molar-refractivity contribution in [3.8, 4) is 5.82 Å². The standard InChI is InChI=1S/C21H21N3O/c1-14-13-18(15(2)24(14)20-9-5-6-12-22-20)21(25)23-19-11-10-16-7-3-4-8-17(16)19/h3-9,12-13,19H,10-11H2,1-2H3,(H,23,25)/t19-/m1/s1. The molecule has 4 heteroatoms. The predicted molar refractivity (Wildman–Crippen MR) is 98.0 cm³/mol. The Kier molecular flexibility index (Phi) is 3.88. The second-order valence-electron chi connectivity index (χ2n) is 6.57. The summed E-state index contributed by atoms with van der Waals surface area (Å²) in [5.41, 5.74) is 5.22. The number of fused-ring (bicyclic) bond motifs is 1. The van der Waals surface area contributed by atoms with E-state index in [1.54, 1.807) is 6.20 Å². The van der Waals surface area contributed by atoms with Crippen LogP contribution >= 0.6 is 0 Å². The van der Waals surface area contributed by atoms with Gasteiger partial charge < -0.3 is 9.88 Å². The second kappa shape index (κ2) is 6.20. The van der Waals surface area contributed by atoms with Crippen molar-refractivity contribution < 1.29 is 4.79 Å². The Hall–Kier alpha value is -2.88. The van der Waals surface area contributed by atoms with Crippen molar-refractivity contribution >= 4 is 5.91 Å². The van der Waals surface area contributed by atoms with Gasteiger partial charge in [0.1, 0.15) is 5.82 Å². The Balaban J connectivity index is 1.62. The molecule has 0 bridgehead atoms. The minimum Gasteiger partial charge on any atom is -0.345 e.